The first-order chi connectivity index (χ1) is 27.4. The normalized spacial score (nSPS) is 19.2. The highest BCUT2D eigenvalue weighted by atomic mass is 127. The van der Waals surface area contributed by atoms with Crippen LogP contribution in [-0.4, -0.2) is 126 Å². The van der Waals surface area contributed by atoms with E-state index in [4.69, 9.17) is 4.98 Å². The fourth-order valence-corrected chi connectivity index (χ4v) is 8.48. The number of hydrogen-bond acceptors (Lipinski definition) is 12. The van der Waals surface area contributed by atoms with Crippen LogP contribution in [-0.2, 0) is 22.7 Å². The van der Waals surface area contributed by atoms with Gasteiger partial charge in [0.25, 0.3) is 0 Å². The number of rotatable bonds is 13. The van der Waals surface area contributed by atoms with Crippen LogP contribution in [0.4, 0.5) is 17.6 Å². The number of carbonyl (C=O) groups excluding carboxylic acids is 2. The van der Waals surface area contributed by atoms with Crippen LogP contribution in [0.1, 0.15) is 80.1 Å². The molecule has 4 aromatic heterocycles. The number of aryl methyl sites for hydroxylation is 2. The summed E-state index contributed by atoms with van der Waals surface area (Å²) in [6, 6.07) is 0.449. The lowest BCUT2D eigenvalue weighted by Gasteiger charge is -2.20. The molecule has 16 nitrogen and oxygen atoms in total. The van der Waals surface area contributed by atoms with E-state index in [1.165, 1.54) is 0 Å². The van der Waals surface area contributed by atoms with E-state index in [0.29, 0.717) is 23.7 Å². The Morgan fingerprint density at radius 1 is 0.754 bits per heavy atom. The zero-order valence-corrected chi connectivity index (χ0v) is 37.3. The molecule has 0 aromatic carbocycles. The van der Waals surface area contributed by atoms with Crippen LogP contribution in [0.5, 0.6) is 0 Å². The molecule has 2 saturated carbocycles. The van der Waals surface area contributed by atoms with Crippen molar-refractivity contribution >= 4 is 74.3 Å². The number of carbonyl (C=O) groups is 2. The average molecular weight is 899 g/mol. The van der Waals surface area contributed by atoms with E-state index >= 15 is 0 Å². The number of amides is 2. The summed E-state index contributed by atoms with van der Waals surface area (Å²) in [5.41, 5.74) is 3.33. The number of fused-ring (bicyclic) bond motifs is 2. The van der Waals surface area contributed by atoms with Gasteiger partial charge < -0.3 is 35.2 Å². The Morgan fingerprint density at radius 3 is 1.67 bits per heavy atom. The Labute approximate surface area is 350 Å². The standard InChI is InChI=1S/C20H31N7O.C15H19IN6O.C5H13N/c1-5-27-18-16(24-20(27)25(4)10-13(2)3)17(21-12-22-18)23-15-8-9-26(11-15)19(28)14-6-7-14;1-2-22-13-11(20-15(22)16)12(17-8-18-13)19-10-5-6-21(7-10)14(23)9-3-4-9;1-5(2)4-6-3/h12-15H,5-11H2,1-4H3,(H,21,22,23);8-10H,2-7H2,1H3,(H,17,18,19);5-6H,4H2,1-3H3/t15-;10-;/m00./s1. The van der Waals surface area contributed by atoms with Gasteiger partial charge in [-0.2, -0.15) is 0 Å². The molecule has 2 amide bonds. The summed E-state index contributed by atoms with van der Waals surface area (Å²) in [6.45, 7) is 19.8. The quantitative estimate of drug-likeness (QED) is 0.120. The molecule has 4 aliphatic rings. The Morgan fingerprint density at radius 2 is 1.25 bits per heavy atom. The average Bonchev–Trinajstić information content (AvgIpc) is 4.04. The molecule has 0 spiro atoms. The van der Waals surface area contributed by atoms with E-state index in [2.05, 4.69) is 126 Å². The maximum Gasteiger partial charge on any atom is 0.225 e. The lowest BCUT2D eigenvalue weighted by atomic mass is 10.2. The minimum atomic E-state index is 0.212. The fraction of sp³-hybridized carbons (Fsp3) is 0.700. The van der Waals surface area contributed by atoms with Crippen molar-refractivity contribution in [1.82, 2.24) is 54.2 Å². The molecule has 6 heterocycles. The van der Waals surface area contributed by atoms with Gasteiger partial charge >= 0.3 is 0 Å². The molecule has 0 radical (unpaired) electrons. The summed E-state index contributed by atoms with van der Waals surface area (Å²) in [5.74, 6) is 5.02. The number of nitrogens with one attached hydrogen (secondary N) is 3. The summed E-state index contributed by atoms with van der Waals surface area (Å²) >= 11 is 2.22. The van der Waals surface area contributed by atoms with Gasteiger partial charge in [0.15, 0.2) is 37.8 Å². The van der Waals surface area contributed by atoms with Crippen molar-refractivity contribution in [2.45, 2.75) is 105 Å². The van der Waals surface area contributed by atoms with Gasteiger partial charge in [-0.25, -0.2) is 29.9 Å². The van der Waals surface area contributed by atoms with Crippen molar-refractivity contribution in [3.8, 4) is 0 Å². The molecule has 3 N–H and O–H groups in total. The topological polar surface area (TPSA) is 167 Å². The second kappa shape index (κ2) is 19.3. The largest absolute Gasteiger partial charge is 0.364 e. The number of hydrogen-bond donors (Lipinski definition) is 3. The van der Waals surface area contributed by atoms with Crippen LogP contribution in [0.25, 0.3) is 22.3 Å². The van der Waals surface area contributed by atoms with E-state index in [9.17, 15) is 9.59 Å². The van der Waals surface area contributed by atoms with Crippen LogP contribution in [0.15, 0.2) is 12.7 Å². The highest BCUT2D eigenvalue weighted by Crippen LogP contribution is 2.34. The maximum atomic E-state index is 12.3. The van der Waals surface area contributed by atoms with E-state index < -0.39 is 0 Å². The summed E-state index contributed by atoms with van der Waals surface area (Å²) in [4.78, 5) is 57.9. The van der Waals surface area contributed by atoms with Crippen molar-refractivity contribution in [3.05, 3.63) is 16.5 Å². The molecule has 312 valence electrons. The highest BCUT2D eigenvalue weighted by molar-refractivity contribution is 14.1. The number of imidazole rings is 2. The zero-order valence-electron chi connectivity index (χ0n) is 35.1. The van der Waals surface area contributed by atoms with Gasteiger partial charge in [0, 0.05) is 99.4 Å². The fourth-order valence-electron chi connectivity index (χ4n) is 7.67. The van der Waals surface area contributed by atoms with Gasteiger partial charge in [-0.1, -0.05) is 27.7 Å². The molecule has 2 aliphatic heterocycles. The molecule has 2 saturated heterocycles. The third-order valence-electron chi connectivity index (χ3n) is 10.8. The Hall–Kier alpha value is -3.87. The molecule has 2 atom stereocenters. The lowest BCUT2D eigenvalue weighted by molar-refractivity contribution is -0.132. The van der Waals surface area contributed by atoms with Crippen LogP contribution < -0.4 is 20.9 Å². The highest BCUT2D eigenvalue weighted by Gasteiger charge is 2.38. The van der Waals surface area contributed by atoms with E-state index in [0.717, 1.165) is 141 Å². The Kier molecular flexibility index (Phi) is 14.4. The van der Waals surface area contributed by atoms with Crippen LogP contribution in [0.2, 0.25) is 0 Å². The van der Waals surface area contributed by atoms with Crippen LogP contribution in [0.3, 0.4) is 0 Å². The maximum absolute atomic E-state index is 12.3. The lowest BCUT2D eigenvalue weighted by Crippen LogP contribution is -2.32. The van der Waals surface area contributed by atoms with Gasteiger partial charge in [-0.3, -0.25) is 14.2 Å². The van der Waals surface area contributed by atoms with Crippen molar-refractivity contribution in [2.75, 3.05) is 68.9 Å². The summed E-state index contributed by atoms with van der Waals surface area (Å²) < 4.78 is 5.13. The Bertz CT molecular complexity index is 1970. The number of halogens is 1. The van der Waals surface area contributed by atoms with E-state index in [1.54, 1.807) is 12.7 Å². The van der Waals surface area contributed by atoms with Crippen LogP contribution >= 0.6 is 22.6 Å². The smallest absolute Gasteiger partial charge is 0.225 e. The van der Waals surface area contributed by atoms with Gasteiger partial charge in [0.05, 0.1) is 0 Å². The first kappa shape index (κ1) is 42.7. The SMILES string of the molecule is CCn1c(I)nc2c(N[C@H]3CCN(C(=O)C4CC4)C3)ncnc21.CCn1c(N(C)CC(C)C)nc2c(N[C@H]3CCN(C(=O)C4CC4)C3)ncnc21.CNCC(C)C. The third kappa shape index (κ3) is 10.6. The molecule has 17 heteroatoms. The summed E-state index contributed by atoms with van der Waals surface area (Å²) in [6.07, 6.45) is 9.32. The second-order valence-corrected chi connectivity index (χ2v) is 17.6. The predicted molar refractivity (Wildman–Crippen MR) is 234 cm³/mol. The van der Waals surface area contributed by atoms with Crippen molar-refractivity contribution in [2.24, 2.45) is 23.7 Å². The minimum absolute atomic E-state index is 0.212. The second-order valence-electron chi connectivity index (χ2n) is 16.7. The molecule has 8 rings (SSSR count). The Balaban J connectivity index is 0.000000171. The summed E-state index contributed by atoms with van der Waals surface area (Å²) in [7, 11) is 4.05. The number of nitrogens with zero attached hydrogens (tertiary/aromatic N) is 11. The molecule has 4 aromatic rings. The minimum Gasteiger partial charge on any atom is -0.364 e. The molecule has 0 unspecified atom stereocenters. The van der Waals surface area contributed by atoms with Gasteiger partial charge in [0.1, 0.15) is 12.7 Å². The van der Waals surface area contributed by atoms with Crippen molar-refractivity contribution < 1.29 is 9.59 Å². The van der Waals surface area contributed by atoms with Gasteiger partial charge in [-0.15, -0.1) is 0 Å². The van der Waals surface area contributed by atoms with Crippen molar-refractivity contribution in [3.63, 3.8) is 0 Å². The third-order valence-corrected chi connectivity index (χ3v) is 11.6. The molecule has 0 bridgehead atoms. The molecule has 4 fully saturated rings. The van der Waals surface area contributed by atoms with E-state index in [-0.39, 0.29) is 18.0 Å². The van der Waals surface area contributed by atoms with Crippen molar-refractivity contribution in [1.29, 1.82) is 0 Å². The zero-order chi connectivity index (χ0) is 40.8. The number of anilines is 3. The first-order valence-electron chi connectivity index (χ1n) is 21.0. The number of likely N-dealkylation sites (tertiary alicyclic amines) is 2. The number of aromatic nitrogens is 8. The van der Waals surface area contributed by atoms with Gasteiger partial charge in [-0.05, 0) is 77.8 Å². The molecule has 2 aliphatic carbocycles. The molecular weight excluding hydrogens is 835 g/mol. The molecule has 57 heavy (non-hydrogen) atoms. The monoisotopic (exact) mass is 898 g/mol. The summed E-state index contributed by atoms with van der Waals surface area (Å²) in [5, 5.41) is 10.1. The molecular formula is C40H63IN14O2. The predicted octanol–water partition coefficient (Wildman–Crippen LogP) is 5.10. The first-order valence-corrected chi connectivity index (χ1v) is 22.0. The van der Waals surface area contributed by atoms with Crippen LogP contribution in [0, 0.1) is 27.5 Å². The van der Waals surface area contributed by atoms with Gasteiger partial charge in [0.2, 0.25) is 17.8 Å². The van der Waals surface area contributed by atoms with E-state index in [1.807, 2.05) is 16.8 Å².